The van der Waals surface area contributed by atoms with E-state index in [4.69, 9.17) is 4.52 Å². The van der Waals surface area contributed by atoms with Gasteiger partial charge in [-0.1, -0.05) is 41.6 Å². The van der Waals surface area contributed by atoms with Gasteiger partial charge in [-0.25, -0.2) is 0 Å². The van der Waals surface area contributed by atoms with Crippen LogP contribution < -0.4 is 5.32 Å². The standard InChI is InChI=1S/C19H24N4O2/c1-3-11-20-18(24)14(2)23-12-9-16(10-13-23)19-21-17(22-25-19)15-7-5-4-6-8-15/h3-8,14,16H,1,9-13H2,2H3,(H,20,24)/t14-/m0/s1. The fourth-order valence-electron chi connectivity index (χ4n) is 3.13. The second-order valence-corrected chi connectivity index (χ2v) is 6.34. The third kappa shape index (κ3) is 4.14. The number of amides is 1. The van der Waals surface area contributed by atoms with E-state index in [-0.39, 0.29) is 17.9 Å². The van der Waals surface area contributed by atoms with Crippen LogP contribution in [-0.4, -0.2) is 46.6 Å². The number of carbonyl (C=O) groups excluding carboxylic acids is 1. The molecule has 0 saturated carbocycles. The lowest BCUT2D eigenvalue weighted by Crippen LogP contribution is -2.48. The Morgan fingerprint density at radius 1 is 1.40 bits per heavy atom. The first-order valence-electron chi connectivity index (χ1n) is 8.70. The van der Waals surface area contributed by atoms with E-state index >= 15 is 0 Å². The number of hydrogen-bond acceptors (Lipinski definition) is 5. The van der Waals surface area contributed by atoms with Crippen LogP contribution in [0.2, 0.25) is 0 Å². The number of aromatic nitrogens is 2. The molecule has 1 aliphatic rings. The second kappa shape index (κ2) is 8.07. The van der Waals surface area contributed by atoms with Crippen LogP contribution in [0.25, 0.3) is 11.4 Å². The second-order valence-electron chi connectivity index (χ2n) is 6.34. The number of rotatable bonds is 6. The van der Waals surface area contributed by atoms with Gasteiger partial charge in [0.05, 0.1) is 6.04 Å². The molecule has 0 spiro atoms. The van der Waals surface area contributed by atoms with Gasteiger partial charge in [-0.2, -0.15) is 4.98 Å². The summed E-state index contributed by atoms with van der Waals surface area (Å²) < 4.78 is 5.48. The molecule has 1 aromatic heterocycles. The van der Waals surface area contributed by atoms with Gasteiger partial charge in [0.15, 0.2) is 0 Å². The summed E-state index contributed by atoms with van der Waals surface area (Å²) in [6.07, 6.45) is 3.52. The van der Waals surface area contributed by atoms with Gasteiger partial charge in [0.25, 0.3) is 0 Å². The van der Waals surface area contributed by atoms with Crippen molar-refractivity contribution in [3.8, 4) is 11.4 Å². The molecule has 1 saturated heterocycles. The Morgan fingerprint density at radius 2 is 2.12 bits per heavy atom. The van der Waals surface area contributed by atoms with Crippen molar-refractivity contribution in [3.63, 3.8) is 0 Å². The van der Waals surface area contributed by atoms with Crippen molar-refractivity contribution < 1.29 is 9.32 Å². The van der Waals surface area contributed by atoms with Crippen LogP contribution in [-0.2, 0) is 4.79 Å². The van der Waals surface area contributed by atoms with E-state index in [0.29, 0.717) is 18.3 Å². The first kappa shape index (κ1) is 17.4. The fraction of sp³-hybridized carbons (Fsp3) is 0.421. The molecule has 3 rings (SSSR count). The summed E-state index contributed by atoms with van der Waals surface area (Å²) in [5.74, 6) is 1.63. The molecule has 1 fully saturated rings. The number of nitrogens with one attached hydrogen (secondary N) is 1. The highest BCUT2D eigenvalue weighted by molar-refractivity contribution is 5.81. The third-order valence-electron chi connectivity index (χ3n) is 4.70. The number of nitrogens with zero attached hydrogens (tertiary/aromatic N) is 3. The van der Waals surface area contributed by atoms with Crippen LogP contribution in [0.5, 0.6) is 0 Å². The highest BCUT2D eigenvalue weighted by Gasteiger charge is 2.29. The van der Waals surface area contributed by atoms with Crippen molar-refractivity contribution in [2.45, 2.75) is 31.7 Å². The average molecular weight is 340 g/mol. The fourth-order valence-corrected chi connectivity index (χ4v) is 3.13. The zero-order valence-corrected chi connectivity index (χ0v) is 14.5. The predicted octanol–water partition coefficient (Wildman–Crippen LogP) is 2.61. The highest BCUT2D eigenvalue weighted by atomic mass is 16.5. The predicted molar refractivity (Wildman–Crippen MR) is 96.0 cm³/mol. The molecule has 0 bridgehead atoms. The first-order valence-corrected chi connectivity index (χ1v) is 8.70. The van der Waals surface area contributed by atoms with Crippen LogP contribution >= 0.6 is 0 Å². The van der Waals surface area contributed by atoms with E-state index in [0.717, 1.165) is 31.5 Å². The lowest BCUT2D eigenvalue weighted by atomic mass is 9.95. The van der Waals surface area contributed by atoms with Crippen molar-refractivity contribution >= 4 is 5.91 Å². The molecule has 2 aromatic rings. The Kier molecular flexibility index (Phi) is 5.60. The molecule has 2 heterocycles. The van der Waals surface area contributed by atoms with E-state index in [2.05, 4.69) is 26.9 Å². The molecule has 1 aromatic carbocycles. The normalized spacial score (nSPS) is 17.2. The molecule has 1 atom stereocenters. The van der Waals surface area contributed by atoms with Gasteiger partial charge in [-0.05, 0) is 32.9 Å². The number of carbonyl (C=O) groups is 1. The average Bonchev–Trinajstić information content (AvgIpc) is 3.16. The molecule has 1 N–H and O–H groups in total. The summed E-state index contributed by atoms with van der Waals surface area (Å²) in [5.41, 5.74) is 0.961. The van der Waals surface area contributed by atoms with E-state index in [1.807, 2.05) is 37.3 Å². The minimum absolute atomic E-state index is 0.0440. The zero-order chi connectivity index (χ0) is 17.6. The maximum Gasteiger partial charge on any atom is 0.237 e. The van der Waals surface area contributed by atoms with Crippen molar-refractivity contribution in [1.82, 2.24) is 20.4 Å². The molecule has 132 valence electrons. The number of hydrogen-bond donors (Lipinski definition) is 1. The highest BCUT2D eigenvalue weighted by Crippen LogP contribution is 2.29. The lowest BCUT2D eigenvalue weighted by molar-refractivity contribution is -0.126. The van der Waals surface area contributed by atoms with Crippen molar-refractivity contribution in [3.05, 3.63) is 48.9 Å². The van der Waals surface area contributed by atoms with Crippen molar-refractivity contribution in [2.24, 2.45) is 0 Å². The molecule has 0 radical (unpaired) electrons. The number of likely N-dealkylation sites (tertiary alicyclic amines) is 1. The van der Waals surface area contributed by atoms with Crippen LogP contribution in [0, 0.1) is 0 Å². The molecule has 1 aliphatic heterocycles. The van der Waals surface area contributed by atoms with Gasteiger partial charge in [-0.3, -0.25) is 9.69 Å². The Balaban J connectivity index is 1.57. The summed E-state index contributed by atoms with van der Waals surface area (Å²) in [7, 11) is 0. The lowest BCUT2D eigenvalue weighted by Gasteiger charge is -2.34. The molecule has 0 aliphatic carbocycles. The monoisotopic (exact) mass is 340 g/mol. The molecule has 6 nitrogen and oxygen atoms in total. The Hall–Kier alpha value is -2.47. The largest absolute Gasteiger partial charge is 0.351 e. The van der Waals surface area contributed by atoms with Gasteiger partial charge in [0, 0.05) is 18.0 Å². The summed E-state index contributed by atoms with van der Waals surface area (Å²) >= 11 is 0. The van der Waals surface area contributed by atoms with E-state index in [1.54, 1.807) is 6.08 Å². The summed E-state index contributed by atoms with van der Waals surface area (Å²) in [6.45, 7) is 7.75. The molecule has 25 heavy (non-hydrogen) atoms. The SMILES string of the molecule is C=CCNC(=O)[C@H](C)N1CCC(c2nc(-c3ccccc3)no2)CC1. The maximum absolute atomic E-state index is 12.1. The van der Waals surface area contributed by atoms with Gasteiger partial charge < -0.3 is 9.84 Å². The van der Waals surface area contributed by atoms with E-state index in [1.165, 1.54) is 0 Å². The number of piperidine rings is 1. The zero-order valence-electron chi connectivity index (χ0n) is 14.5. The van der Waals surface area contributed by atoms with Crippen LogP contribution in [0.15, 0.2) is 47.5 Å². The minimum atomic E-state index is -0.136. The van der Waals surface area contributed by atoms with Crippen molar-refractivity contribution in [1.29, 1.82) is 0 Å². The van der Waals surface area contributed by atoms with Gasteiger partial charge in [-0.15, -0.1) is 6.58 Å². The Bertz CT molecular complexity index is 705. The Labute approximate surface area is 147 Å². The quantitative estimate of drug-likeness (QED) is 0.819. The van der Waals surface area contributed by atoms with E-state index < -0.39 is 0 Å². The minimum Gasteiger partial charge on any atom is -0.351 e. The first-order chi connectivity index (χ1) is 12.2. The topological polar surface area (TPSA) is 71.3 Å². The van der Waals surface area contributed by atoms with Gasteiger partial charge in [0.1, 0.15) is 0 Å². The third-order valence-corrected chi connectivity index (χ3v) is 4.70. The molecule has 6 heteroatoms. The summed E-state index contributed by atoms with van der Waals surface area (Å²) in [5, 5.41) is 6.96. The Morgan fingerprint density at radius 3 is 2.80 bits per heavy atom. The molecule has 1 amide bonds. The van der Waals surface area contributed by atoms with Crippen LogP contribution in [0.3, 0.4) is 0 Å². The van der Waals surface area contributed by atoms with E-state index in [9.17, 15) is 4.79 Å². The maximum atomic E-state index is 12.1. The smallest absolute Gasteiger partial charge is 0.237 e. The molecular formula is C19H24N4O2. The number of benzene rings is 1. The molecule has 0 unspecified atom stereocenters. The summed E-state index contributed by atoms with van der Waals surface area (Å²) in [6, 6.07) is 9.70. The van der Waals surface area contributed by atoms with Gasteiger partial charge in [0.2, 0.25) is 17.6 Å². The van der Waals surface area contributed by atoms with Gasteiger partial charge >= 0.3 is 0 Å². The van der Waals surface area contributed by atoms with Crippen molar-refractivity contribution in [2.75, 3.05) is 19.6 Å². The van der Waals surface area contributed by atoms with Crippen LogP contribution in [0.4, 0.5) is 0 Å². The summed E-state index contributed by atoms with van der Waals surface area (Å²) in [4.78, 5) is 18.8. The van der Waals surface area contributed by atoms with Crippen LogP contribution in [0.1, 0.15) is 31.6 Å². The molecular weight excluding hydrogens is 316 g/mol.